The molecule has 1 aromatic carbocycles. The van der Waals surface area contributed by atoms with Gasteiger partial charge in [0.05, 0.1) is 17.8 Å². The number of rotatable bonds is 4. The molecule has 8 N–H and O–H groups in total. The van der Waals surface area contributed by atoms with Gasteiger partial charge in [-0.3, -0.25) is 15.5 Å². The van der Waals surface area contributed by atoms with Crippen molar-refractivity contribution in [1.29, 1.82) is 5.41 Å². The summed E-state index contributed by atoms with van der Waals surface area (Å²) in [5.41, 5.74) is 9.88. The number of pyridine rings is 1. The molecule has 1 aliphatic rings. The average Bonchev–Trinajstić information content (AvgIpc) is 3.42. The first-order chi connectivity index (χ1) is 20.5. The van der Waals surface area contributed by atoms with E-state index in [9.17, 15) is 9.59 Å². The highest BCUT2D eigenvalue weighted by molar-refractivity contribution is 6.16. The highest BCUT2D eigenvalue weighted by Crippen LogP contribution is 2.27. The van der Waals surface area contributed by atoms with E-state index in [1.54, 1.807) is 36.5 Å². The van der Waals surface area contributed by atoms with Gasteiger partial charge in [-0.2, -0.15) is 0 Å². The average molecular weight is 588 g/mol. The molecule has 0 bridgehead atoms. The van der Waals surface area contributed by atoms with Gasteiger partial charge in [-0.25, -0.2) is 9.78 Å². The number of carbonyl (C=O) groups is 2. The van der Waals surface area contributed by atoms with Gasteiger partial charge in [0.2, 0.25) is 5.91 Å². The molecule has 0 radical (unpaired) electrons. The second-order valence-electron chi connectivity index (χ2n) is 12.0. The third-order valence-electron chi connectivity index (χ3n) is 7.28. The summed E-state index contributed by atoms with van der Waals surface area (Å²) in [7, 11) is 0. The number of hydrogen-bond acceptors (Lipinski definition) is 7. The highest BCUT2D eigenvalue weighted by atomic mass is 16.5. The predicted molar refractivity (Wildman–Crippen MR) is 170 cm³/mol. The van der Waals surface area contributed by atoms with Gasteiger partial charge in [-0.05, 0) is 38.3 Å². The molecule has 228 valence electrons. The number of urea groups is 1. The van der Waals surface area contributed by atoms with Crippen molar-refractivity contribution >= 4 is 46.7 Å². The minimum atomic E-state index is -0.456. The number of fused-ring (bicyclic) bond motifs is 1. The van der Waals surface area contributed by atoms with Crippen LogP contribution in [-0.2, 0) is 10.2 Å². The molecule has 1 aliphatic heterocycles. The van der Waals surface area contributed by atoms with Gasteiger partial charge in [-0.1, -0.05) is 56.6 Å². The largest absolute Gasteiger partial charge is 0.383 e. The zero-order valence-electron chi connectivity index (χ0n) is 25.4. The molecule has 2 aromatic heterocycles. The van der Waals surface area contributed by atoms with Gasteiger partial charge in [0, 0.05) is 47.8 Å². The summed E-state index contributed by atoms with van der Waals surface area (Å²) in [4.78, 5) is 29.2. The zero-order valence-corrected chi connectivity index (χ0v) is 25.4. The number of amides is 3. The lowest BCUT2D eigenvalue weighted by Gasteiger charge is -2.16. The second kappa shape index (κ2) is 14.1. The lowest BCUT2D eigenvalue weighted by Crippen LogP contribution is -2.79. The van der Waals surface area contributed by atoms with Crippen LogP contribution in [0.4, 0.5) is 27.8 Å². The third-order valence-corrected chi connectivity index (χ3v) is 7.28. The minimum Gasteiger partial charge on any atom is -0.383 e. The summed E-state index contributed by atoms with van der Waals surface area (Å²) in [6, 6.07) is 8.28. The molecule has 4 rings (SSSR count). The van der Waals surface area contributed by atoms with E-state index in [1.165, 1.54) is 0 Å². The fourth-order valence-electron chi connectivity index (χ4n) is 4.83. The van der Waals surface area contributed by atoms with Crippen LogP contribution in [0.5, 0.6) is 0 Å². The van der Waals surface area contributed by atoms with Crippen LogP contribution < -0.4 is 27.0 Å². The summed E-state index contributed by atoms with van der Waals surface area (Å²) in [6.07, 6.45) is 11.0. The number of nitrogen functional groups attached to an aromatic ring is 1. The van der Waals surface area contributed by atoms with Gasteiger partial charge in [0.1, 0.15) is 17.1 Å². The summed E-state index contributed by atoms with van der Waals surface area (Å²) in [6.45, 7) is 8.71. The van der Waals surface area contributed by atoms with Crippen LogP contribution in [0.15, 0.2) is 47.1 Å². The number of benzene rings is 1. The Morgan fingerprint density at radius 3 is 2.65 bits per heavy atom. The van der Waals surface area contributed by atoms with Crippen LogP contribution in [0.25, 0.3) is 6.08 Å². The van der Waals surface area contributed by atoms with Crippen molar-refractivity contribution in [3.63, 3.8) is 0 Å². The number of hydrogen-bond donors (Lipinski definition) is 6. The summed E-state index contributed by atoms with van der Waals surface area (Å²) in [5, 5.41) is 23.6. The summed E-state index contributed by atoms with van der Waals surface area (Å²) in [5.74, 6) is 1.36. The fourth-order valence-corrected chi connectivity index (χ4v) is 4.83. The van der Waals surface area contributed by atoms with Crippen LogP contribution in [0.1, 0.15) is 88.7 Å². The Labute approximate surface area is 252 Å². The zero-order chi connectivity index (χ0) is 31.0. The van der Waals surface area contributed by atoms with Crippen LogP contribution in [-0.4, -0.2) is 40.4 Å². The van der Waals surface area contributed by atoms with E-state index >= 15 is 0 Å². The normalized spacial score (nSPS) is 17.5. The number of quaternary nitrogens is 1. The summed E-state index contributed by atoms with van der Waals surface area (Å²) >= 11 is 0. The first-order valence-electron chi connectivity index (χ1n) is 14.8. The van der Waals surface area contributed by atoms with Crippen LogP contribution in [0.3, 0.4) is 0 Å². The number of aromatic nitrogens is 2. The molecule has 0 unspecified atom stereocenters. The van der Waals surface area contributed by atoms with E-state index in [0.717, 1.165) is 43.4 Å². The Morgan fingerprint density at radius 1 is 1.16 bits per heavy atom. The smallest absolute Gasteiger partial charge is 0.324 e. The molecule has 0 fully saturated rings. The number of carbonyl (C=O) groups excluding carboxylic acids is 2. The molecule has 11 heteroatoms. The molecule has 0 aliphatic carbocycles. The fraction of sp³-hybridized carbons (Fsp3) is 0.406. The first-order valence-corrected chi connectivity index (χ1v) is 14.8. The molecular weight excluding hydrogens is 544 g/mol. The monoisotopic (exact) mass is 587 g/mol. The molecule has 3 heterocycles. The van der Waals surface area contributed by atoms with Gasteiger partial charge in [0.15, 0.2) is 11.5 Å². The van der Waals surface area contributed by atoms with Crippen molar-refractivity contribution in [3.05, 3.63) is 65.1 Å². The molecule has 11 nitrogen and oxygen atoms in total. The molecule has 0 saturated carbocycles. The van der Waals surface area contributed by atoms with Crippen molar-refractivity contribution in [3.8, 4) is 0 Å². The van der Waals surface area contributed by atoms with Crippen molar-refractivity contribution in [1.82, 2.24) is 15.5 Å². The van der Waals surface area contributed by atoms with Crippen molar-refractivity contribution in [2.45, 2.75) is 77.7 Å². The third kappa shape index (κ3) is 8.74. The predicted octanol–water partition coefficient (Wildman–Crippen LogP) is 5.08. The Hall–Kier alpha value is -4.51. The van der Waals surface area contributed by atoms with E-state index in [0.29, 0.717) is 41.4 Å². The maximum atomic E-state index is 12.5. The standard InChI is InChI=1S/C32H42N8O3/c1-20-16-17-35-29-22(10-8-6-5-7-9-11-26(41)37-20)19-36-30(34)27(29)28(33)21-12-14-23(15-13-21)38-31(42)39-25-18-24(43-40-25)32(2,3)4/h8,10,12-15,18-20,33,35H,5-7,9,11,16-17H2,1-4H3,(H2,34,36)(H,37,41)(H2,38,39,40,42)/p+1/b10-8+,33-28?/t20-/m1/s1. The molecule has 3 aromatic rings. The van der Waals surface area contributed by atoms with Gasteiger partial charge in [-0.15, -0.1) is 0 Å². The SMILES string of the molecule is C[C@@H]1CC[NH2+]c2c(cnc(N)c2C(=N)c2ccc(NC(=O)Nc3cc(C(C)(C)C)on3)cc2)/C=C/CCCCCC(=O)N1. The van der Waals surface area contributed by atoms with E-state index in [1.807, 2.05) is 33.8 Å². The second-order valence-corrected chi connectivity index (χ2v) is 12.0. The Bertz CT molecular complexity index is 1470. The van der Waals surface area contributed by atoms with E-state index in [2.05, 4.69) is 37.5 Å². The van der Waals surface area contributed by atoms with E-state index in [4.69, 9.17) is 15.7 Å². The van der Waals surface area contributed by atoms with Crippen LogP contribution in [0.2, 0.25) is 0 Å². The molecular formula is C32H43N8O3+. The number of allylic oxidation sites excluding steroid dienone is 1. The van der Waals surface area contributed by atoms with Crippen LogP contribution >= 0.6 is 0 Å². The lowest BCUT2D eigenvalue weighted by atomic mass is 9.93. The lowest BCUT2D eigenvalue weighted by molar-refractivity contribution is -0.572. The van der Waals surface area contributed by atoms with Gasteiger partial charge in [0.25, 0.3) is 0 Å². The van der Waals surface area contributed by atoms with Crippen LogP contribution in [0, 0.1) is 5.41 Å². The number of nitrogens with zero attached hydrogens (tertiary/aromatic N) is 2. The maximum absolute atomic E-state index is 12.5. The molecule has 0 spiro atoms. The number of nitrogens with one attached hydrogen (secondary N) is 4. The Balaban J connectivity index is 1.50. The maximum Gasteiger partial charge on any atom is 0.324 e. The molecule has 1 atom stereocenters. The number of anilines is 3. The number of nitrogens with two attached hydrogens (primary N) is 2. The Kier molecular flexibility index (Phi) is 10.3. The van der Waals surface area contributed by atoms with Crippen molar-refractivity contribution in [2.75, 3.05) is 22.9 Å². The molecule has 43 heavy (non-hydrogen) atoms. The molecule has 0 saturated heterocycles. The first kappa shape index (κ1) is 31.4. The Morgan fingerprint density at radius 2 is 1.93 bits per heavy atom. The highest BCUT2D eigenvalue weighted by Gasteiger charge is 2.23. The van der Waals surface area contributed by atoms with Crippen molar-refractivity contribution in [2.24, 2.45) is 0 Å². The minimum absolute atomic E-state index is 0.0389. The van der Waals surface area contributed by atoms with Crippen molar-refractivity contribution < 1.29 is 19.4 Å². The topological polar surface area (TPSA) is 176 Å². The quantitative estimate of drug-likeness (QED) is 0.232. The van der Waals surface area contributed by atoms with E-state index in [-0.39, 0.29) is 28.9 Å². The summed E-state index contributed by atoms with van der Waals surface area (Å²) < 4.78 is 5.32. The molecule has 3 amide bonds. The van der Waals surface area contributed by atoms with Gasteiger partial charge >= 0.3 is 6.03 Å². The van der Waals surface area contributed by atoms with Gasteiger partial charge < -0.3 is 26.2 Å². The van der Waals surface area contributed by atoms with E-state index < -0.39 is 6.03 Å².